The molecule has 2 heterocycles. The number of carbonyl (C=O) groups excluding carboxylic acids is 1. The van der Waals surface area contributed by atoms with Gasteiger partial charge in [-0.2, -0.15) is 4.98 Å². The number of hydrogen-bond donors (Lipinski definition) is 3. The number of aromatic nitrogens is 2. The molecule has 3 atom stereocenters. The van der Waals surface area contributed by atoms with Crippen LogP contribution in [-0.2, 0) is 9.47 Å². The van der Waals surface area contributed by atoms with Crippen molar-refractivity contribution >= 4 is 11.9 Å². The van der Waals surface area contributed by atoms with Crippen LogP contribution in [0.25, 0.3) is 0 Å². The molecule has 0 aromatic carbocycles. The van der Waals surface area contributed by atoms with Crippen LogP contribution in [0.15, 0.2) is 23.1 Å². The molecule has 0 bridgehead atoms. The maximum Gasteiger partial charge on any atom is 0.412 e. The quantitative estimate of drug-likeness (QED) is 0.337. The Bertz CT molecular complexity index is 800. The lowest BCUT2D eigenvalue weighted by Crippen LogP contribution is -2.30. The number of nitrogens with zero attached hydrogens (tertiary/aromatic N) is 2. The van der Waals surface area contributed by atoms with E-state index in [4.69, 9.17) is 9.47 Å². The minimum absolute atomic E-state index is 0.0906. The number of rotatable bonds is 12. The van der Waals surface area contributed by atoms with Crippen molar-refractivity contribution in [1.82, 2.24) is 9.55 Å². The predicted molar refractivity (Wildman–Crippen MR) is 112 cm³/mol. The molecule has 0 aliphatic carbocycles. The molecule has 10 heteroatoms. The van der Waals surface area contributed by atoms with Crippen LogP contribution < -0.4 is 11.0 Å². The van der Waals surface area contributed by atoms with Gasteiger partial charge in [-0.05, 0) is 6.42 Å². The number of halogens is 1. The molecule has 1 aromatic heterocycles. The minimum atomic E-state index is -1.20. The zero-order valence-electron chi connectivity index (χ0n) is 17.9. The van der Waals surface area contributed by atoms with Gasteiger partial charge in [0.2, 0.25) is 0 Å². The highest BCUT2D eigenvalue weighted by molar-refractivity contribution is 5.83. The Balaban J connectivity index is 1.81. The van der Waals surface area contributed by atoms with Crippen molar-refractivity contribution in [2.75, 3.05) is 18.5 Å². The first kappa shape index (κ1) is 25.0. The van der Waals surface area contributed by atoms with Crippen LogP contribution in [0.4, 0.5) is 15.0 Å². The molecule has 1 amide bonds. The van der Waals surface area contributed by atoms with Gasteiger partial charge < -0.3 is 19.7 Å². The van der Waals surface area contributed by atoms with Gasteiger partial charge in [-0.15, -0.1) is 0 Å². The zero-order chi connectivity index (χ0) is 22.8. The Kier molecular flexibility index (Phi) is 10.1. The van der Waals surface area contributed by atoms with Crippen LogP contribution in [0.5, 0.6) is 0 Å². The zero-order valence-corrected chi connectivity index (χ0v) is 17.9. The summed E-state index contributed by atoms with van der Waals surface area (Å²) in [5.74, 6) is -1.55. The Morgan fingerprint density at radius 1 is 1.29 bits per heavy atom. The molecule has 1 fully saturated rings. The highest BCUT2D eigenvalue weighted by Crippen LogP contribution is 2.32. The van der Waals surface area contributed by atoms with Crippen LogP contribution in [0.1, 0.15) is 64.5 Å². The van der Waals surface area contributed by atoms with Crippen LogP contribution in [0.3, 0.4) is 0 Å². The highest BCUT2D eigenvalue weighted by atomic mass is 19.1. The van der Waals surface area contributed by atoms with Gasteiger partial charge >= 0.3 is 11.8 Å². The van der Waals surface area contributed by atoms with Crippen molar-refractivity contribution in [3.8, 4) is 0 Å². The molecule has 0 unspecified atom stereocenters. The number of anilines is 1. The standard InChI is InChI=1S/C21H32FN3O6/c1-3-4-5-6-7-8-9-10-11-30-21(29)24-18-15(22)12-25(20(28)23-18)19-14(2)17(27)16(13-26)31-19/h12,16-17,19,26-27H,2-11,13H2,1H3,(H,23,24,28,29)/t16-,17+,19-/m1/s1. The van der Waals surface area contributed by atoms with E-state index >= 15 is 0 Å². The lowest BCUT2D eigenvalue weighted by Gasteiger charge is -2.15. The van der Waals surface area contributed by atoms with Gasteiger partial charge in [0.05, 0.1) is 19.4 Å². The number of aliphatic hydroxyl groups is 2. The van der Waals surface area contributed by atoms with Crippen molar-refractivity contribution < 1.29 is 28.9 Å². The molecule has 31 heavy (non-hydrogen) atoms. The molecule has 0 spiro atoms. The van der Waals surface area contributed by atoms with Crippen molar-refractivity contribution in [3.05, 3.63) is 34.7 Å². The van der Waals surface area contributed by atoms with Crippen LogP contribution >= 0.6 is 0 Å². The lowest BCUT2D eigenvalue weighted by molar-refractivity contribution is -0.0449. The number of hydrogen-bond acceptors (Lipinski definition) is 7. The van der Waals surface area contributed by atoms with E-state index in [1.54, 1.807) is 0 Å². The summed E-state index contributed by atoms with van der Waals surface area (Å²) in [5.41, 5.74) is -0.829. The van der Waals surface area contributed by atoms with E-state index in [2.05, 4.69) is 23.8 Å². The van der Waals surface area contributed by atoms with Gasteiger partial charge in [-0.1, -0.05) is 58.4 Å². The summed E-state index contributed by atoms with van der Waals surface area (Å²) in [6.45, 7) is 5.49. The molecule has 174 valence electrons. The van der Waals surface area contributed by atoms with E-state index in [0.717, 1.165) is 30.0 Å². The van der Waals surface area contributed by atoms with Crippen LogP contribution in [0.2, 0.25) is 0 Å². The molecular formula is C21H32FN3O6. The molecule has 1 aliphatic rings. The highest BCUT2D eigenvalue weighted by Gasteiger charge is 2.39. The minimum Gasteiger partial charge on any atom is -0.449 e. The van der Waals surface area contributed by atoms with Gasteiger partial charge in [-0.3, -0.25) is 9.88 Å². The number of carbonyl (C=O) groups is 1. The van der Waals surface area contributed by atoms with Crippen LogP contribution in [-0.4, -0.2) is 51.3 Å². The Labute approximate surface area is 180 Å². The SMILES string of the molecule is C=C1[C@H](n2cc(F)c(NC(=O)OCCCCCCCCCC)nc2=O)O[C@H](CO)[C@H]1O. The molecule has 1 aromatic rings. The first-order valence-corrected chi connectivity index (χ1v) is 10.7. The first-order valence-electron chi connectivity index (χ1n) is 10.7. The van der Waals surface area contributed by atoms with Crippen molar-refractivity contribution in [1.29, 1.82) is 0 Å². The second-order valence-electron chi connectivity index (χ2n) is 7.59. The van der Waals surface area contributed by atoms with E-state index in [-0.39, 0.29) is 12.2 Å². The van der Waals surface area contributed by atoms with E-state index < -0.39 is 48.5 Å². The first-order chi connectivity index (χ1) is 14.9. The maximum atomic E-state index is 14.4. The van der Waals surface area contributed by atoms with E-state index in [1.807, 2.05) is 0 Å². The number of unbranched alkanes of at least 4 members (excludes halogenated alkanes) is 7. The van der Waals surface area contributed by atoms with E-state index in [0.29, 0.717) is 6.42 Å². The van der Waals surface area contributed by atoms with Crippen molar-refractivity contribution in [2.24, 2.45) is 0 Å². The summed E-state index contributed by atoms with van der Waals surface area (Å²) in [5, 5.41) is 21.2. The molecule has 1 aliphatic heterocycles. The van der Waals surface area contributed by atoms with Crippen molar-refractivity contribution in [3.63, 3.8) is 0 Å². The third kappa shape index (κ3) is 7.12. The average Bonchev–Trinajstić information content (AvgIpc) is 3.03. The van der Waals surface area contributed by atoms with E-state index in [9.17, 15) is 24.2 Å². The third-order valence-corrected chi connectivity index (χ3v) is 5.14. The summed E-state index contributed by atoms with van der Waals surface area (Å²) < 4.78 is 25.5. The molecule has 3 N–H and O–H groups in total. The summed E-state index contributed by atoms with van der Waals surface area (Å²) in [6, 6.07) is 0. The number of aliphatic hydroxyl groups excluding tert-OH is 2. The fourth-order valence-corrected chi connectivity index (χ4v) is 3.33. The molecular weight excluding hydrogens is 409 g/mol. The Hall–Kier alpha value is -2.30. The van der Waals surface area contributed by atoms with Gasteiger partial charge in [0.1, 0.15) is 12.2 Å². The largest absolute Gasteiger partial charge is 0.449 e. The summed E-state index contributed by atoms with van der Waals surface area (Å²) in [6.07, 6.45) is 5.35. The Morgan fingerprint density at radius 2 is 1.94 bits per heavy atom. The normalized spacial score (nSPS) is 20.8. The topological polar surface area (TPSA) is 123 Å². The maximum absolute atomic E-state index is 14.4. The number of ether oxygens (including phenoxy) is 2. The fourth-order valence-electron chi connectivity index (χ4n) is 3.33. The smallest absolute Gasteiger partial charge is 0.412 e. The monoisotopic (exact) mass is 441 g/mol. The number of nitrogens with one attached hydrogen (secondary N) is 1. The van der Waals surface area contributed by atoms with Gasteiger partial charge in [0, 0.05) is 5.57 Å². The fraction of sp³-hybridized carbons (Fsp3) is 0.667. The van der Waals surface area contributed by atoms with Gasteiger partial charge in [0.25, 0.3) is 0 Å². The molecule has 9 nitrogen and oxygen atoms in total. The van der Waals surface area contributed by atoms with Gasteiger partial charge in [-0.25, -0.2) is 14.0 Å². The molecule has 0 saturated carbocycles. The second-order valence-corrected chi connectivity index (χ2v) is 7.59. The molecule has 1 saturated heterocycles. The second kappa shape index (κ2) is 12.5. The molecule has 2 rings (SSSR count). The van der Waals surface area contributed by atoms with Crippen molar-refractivity contribution in [2.45, 2.75) is 76.7 Å². The lowest BCUT2D eigenvalue weighted by atomic mass is 10.1. The summed E-state index contributed by atoms with van der Waals surface area (Å²) in [4.78, 5) is 27.6. The Morgan fingerprint density at radius 3 is 2.55 bits per heavy atom. The summed E-state index contributed by atoms with van der Waals surface area (Å²) in [7, 11) is 0. The van der Waals surface area contributed by atoms with Gasteiger partial charge in [0.15, 0.2) is 17.9 Å². The number of amides is 1. The van der Waals surface area contributed by atoms with E-state index in [1.165, 1.54) is 25.7 Å². The predicted octanol–water partition coefficient (Wildman–Crippen LogP) is 2.88. The third-order valence-electron chi connectivity index (χ3n) is 5.14. The molecule has 0 radical (unpaired) electrons. The average molecular weight is 442 g/mol. The van der Waals surface area contributed by atoms with Crippen LogP contribution in [0, 0.1) is 5.82 Å². The summed E-state index contributed by atoms with van der Waals surface area (Å²) >= 11 is 0.